The Labute approximate surface area is 128 Å². The summed E-state index contributed by atoms with van der Waals surface area (Å²) in [5, 5.41) is 19.9. The highest BCUT2D eigenvalue weighted by Crippen LogP contribution is 2.00. The van der Waals surface area contributed by atoms with Crippen LogP contribution in [-0.4, -0.2) is 16.4 Å². The molecule has 0 aromatic heterocycles. The van der Waals surface area contributed by atoms with Crippen LogP contribution in [0.2, 0.25) is 0 Å². The predicted molar refractivity (Wildman–Crippen MR) is 84.5 cm³/mol. The Morgan fingerprint density at radius 3 is 1.91 bits per heavy atom. The Kier molecular flexibility index (Phi) is 7.60. The number of nitrogens with zero attached hydrogens (tertiary/aromatic N) is 2. The molecule has 0 atom stereocenters. The minimum absolute atomic E-state index is 0.0179. The fourth-order valence-electron chi connectivity index (χ4n) is 1.58. The third kappa shape index (κ3) is 8.21. The number of hydrogen-bond acceptors (Lipinski definition) is 4. The summed E-state index contributed by atoms with van der Waals surface area (Å²) in [5.41, 5.74) is 1.86. The van der Waals surface area contributed by atoms with Crippen molar-refractivity contribution in [3.05, 3.63) is 98.2 Å². The topological polar surface area (TPSA) is 86.3 Å². The van der Waals surface area contributed by atoms with Crippen molar-refractivity contribution in [2.75, 3.05) is 6.54 Å². The van der Waals surface area contributed by atoms with E-state index in [1.165, 1.54) is 6.08 Å². The molecule has 2 rings (SSSR count). The SMILES string of the molecule is O=[N+]([O-])C=Cc1ccccc1.O=[N+]([O-])CCc1ccccc1. The van der Waals surface area contributed by atoms with Crippen LogP contribution >= 0.6 is 0 Å². The van der Waals surface area contributed by atoms with Crippen LogP contribution in [0.5, 0.6) is 0 Å². The first-order valence-electron chi connectivity index (χ1n) is 6.60. The second kappa shape index (κ2) is 9.82. The van der Waals surface area contributed by atoms with E-state index in [-0.39, 0.29) is 11.5 Å². The summed E-state index contributed by atoms with van der Waals surface area (Å²) >= 11 is 0. The van der Waals surface area contributed by atoms with Crippen LogP contribution in [0.1, 0.15) is 11.1 Å². The van der Waals surface area contributed by atoms with Crippen molar-refractivity contribution in [3.63, 3.8) is 0 Å². The standard InChI is InChI=1S/C8H9NO2.C8H7NO2/c2*10-9(11)7-6-8-4-2-1-3-5-8/h1-5H,6-7H2;1-7H. The molecule has 0 amide bonds. The lowest BCUT2D eigenvalue weighted by atomic mass is 10.2. The van der Waals surface area contributed by atoms with Crippen molar-refractivity contribution in [3.8, 4) is 0 Å². The van der Waals surface area contributed by atoms with E-state index in [2.05, 4.69) is 0 Å². The molecule has 0 aliphatic rings. The highest BCUT2D eigenvalue weighted by Gasteiger charge is 1.97. The predicted octanol–water partition coefficient (Wildman–Crippen LogP) is 3.44. The van der Waals surface area contributed by atoms with E-state index in [1.807, 2.05) is 48.5 Å². The number of hydrogen-bond donors (Lipinski definition) is 0. The maximum Gasteiger partial charge on any atom is 0.235 e. The second-order valence-corrected chi connectivity index (χ2v) is 4.30. The Morgan fingerprint density at radius 1 is 0.864 bits per heavy atom. The van der Waals surface area contributed by atoms with Crippen LogP contribution < -0.4 is 0 Å². The van der Waals surface area contributed by atoms with Gasteiger partial charge in [-0.05, 0) is 11.1 Å². The minimum Gasteiger partial charge on any atom is -0.265 e. The van der Waals surface area contributed by atoms with Crippen LogP contribution in [0, 0.1) is 20.2 Å². The molecule has 0 N–H and O–H groups in total. The van der Waals surface area contributed by atoms with Gasteiger partial charge in [0.2, 0.25) is 12.7 Å². The molecule has 0 heterocycles. The molecule has 0 spiro atoms. The Morgan fingerprint density at radius 2 is 1.41 bits per heavy atom. The minimum atomic E-state index is -0.479. The fraction of sp³-hybridized carbons (Fsp3) is 0.125. The van der Waals surface area contributed by atoms with Gasteiger partial charge >= 0.3 is 0 Å². The zero-order valence-corrected chi connectivity index (χ0v) is 11.9. The van der Waals surface area contributed by atoms with Gasteiger partial charge in [0.15, 0.2) is 0 Å². The van der Waals surface area contributed by atoms with E-state index in [0.29, 0.717) is 6.42 Å². The van der Waals surface area contributed by atoms with E-state index in [1.54, 1.807) is 12.1 Å². The molecule has 0 aliphatic carbocycles. The van der Waals surface area contributed by atoms with Crippen LogP contribution in [0.15, 0.2) is 66.9 Å². The average molecular weight is 300 g/mol. The highest BCUT2D eigenvalue weighted by atomic mass is 16.6. The van der Waals surface area contributed by atoms with Crippen LogP contribution in [0.25, 0.3) is 6.08 Å². The summed E-state index contributed by atoms with van der Waals surface area (Å²) < 4.78 is 0. The summed E-state index contributed by atoms with van der Waals surface area (Å²) in [6.07, 6.45) is 2.91. The van der Waals surface area contributed by atoms with Gasteiger partial charge in [0, 0.05) is 17.4 Å². The highest BCUT2D eigenvalue weighted by molar-refractivity contribution is 5.47. The smallest absolute Gasteiger partial charge is 0.235 e. The first-order chi connectivity index (χ1) is 10.6. The van der Waals surface area contributed by atoms with E-state index < -0.39 is 4.92 Å². The first kappa shape index (κ1) is 17.0. The maximum atomic E-state index is 9.98. The fourth-order valence-corrected chi connectivity index (χ4v) is 1.58. The van der Waals surface area contributed by atoms with Crippen LogP contribution in [0.3, 0.4) is 0 Å². The lowest BCUT2D eigenvalue weighted by molar-refractivity contribution is -0.479. The van der Waals surface area contributed by atoms with Gasteiger partial charge in [-0.3, -0.25) is 20.2 Å². The van der Waals surface area contributed by atoms with Gasteiger partial charge in [-0.25, -0.2) is 0 Å². The molecule has 0 bridgehead atoms. The van der Waals surface area contributed by atoms with E-state index in [0.717, 1.165) is 17.3 Å². The molecule has 6 nitrogen and oxygen atoms in total. The summed E-state index contributed by atoms with van der Waals surface area (Å²) in [4.78, 5) is 19.1. The third-order valence-corrected chi connectivity index (χ3v) is 2.61. The van der Waals surface area contributed by atoms with Gasteiger partial charge in [-0.1, -0.05) is 60.7 Å². The largest absolute Gasteiger partial charge is 0.265 e. The van der Waals surface area contributed by atoms with Gasteiger partial charge in [-0.15, -0.1) is 0 Å². The van der Waals surface area contributed by atoms with Gasteiger partial charge in [0.05, 0.1) is 4.92 Å². The van der Waals surface area contributed by atoms with Crippen LogP contribution in [-0.2, 0) is 6.42 Å². The van der Waals surface area contributed by atoms with Crippen molar-refractivity contribution < 1.29 is 9.85 Å². The molecule has 0 saturated heterocycles. The molecule has 0 radical (unpaired) electrons. The van der Waals surface area contributed by atoms with E-state index in [9.17, 15) is 20.2 Å². The Balaban J connectivity index is 0.000000220. The quantitative estimate of drug-likeness (QED) is 0.625. The summed E-state index contributed by atoms with van der Waals surface area (Å²) in [6.45, 7) is 0.0179. The van der Waals surface area contributed by atoms with Gasteiger partial charge < -0.3 is 0 Å². The lowest BCUT2D eigenvalue weighted by Gasteiger charge is -1.94. The average Bonchev–Trinajstić information content (AvgIpc) is 2.53. The molecule has 2 aromatic carbocycles. The molecular formula is C16H16N2O4. The monoisotopic (exact) mass is 300 g/mol. The molecule has 0 aliphatic heterocycles. The molecule has 0 unspecified atom stereocenters. The maximum absolute atomic E-state index is 9.98. The summed E-state index contributed by atoms with van der Waals surface area (Å²) in [7, 11) is 0. The molecule has 22 heavy (non-hydrogen) atoms. The van der Waals surface area contributed by atoms with Crippen LogP contribution in [0.4, 0.5) is 0 Å². The van der Waals surface area contributed by atoms with Gasteiger partial charge in [0.1, 0.15) is 0 Å². The normalized spacial score (nSPS) is 9.82. The zero-order chi connectivity index (χ0) is 16.2. The van der Waals surface area contributed by atoms with Crippen molar-refractivity contribution in [2.45, 2.75) is 6.42 Å². The molecule has 0 fully saturated rings. The van der Waals surface area contributed by atoms with Crippen molar-refractivity contribution in [1.82, 2.24) is 0 Å². The molecule has 114 valence electrons. The van der Waals surface area contributed by atoms with Gasteiger partial charge in [0.25, 0.3) is 0 Å². The Hall–Kier alpha value is -3.02. The Bertz CT molecular complexity index is 613. The van der Waals surface area contributed by atoms with E-state index >= 15 is 0 Å². The second-order valence-electron chi connectivity index (χ2n) is 4.30. The van der Waals surface area contributed by atoms with Gasteiger partial charge in [-0.2, -0.15) is 0 Å². The molecule has 2 aromatic rings. The van der Waals surface area contributed by atoms with Crippen molar-refractivity contribution >= 4 is 6.08 Å². The summed E-state index contributed by atoms with van der Waals surface area (Å²) in [6, 6.07) is 18.6. The lowest BCUT2D eigenvalue weighted by Crippen LogP contribution is -2.03. The molecule has 6 heteroatoms. The summed E-state index contributed by atoms with van der Waals surface area (Å²) in [5.74, 6) is 0. The first-order valence-corrected chi connectivity index (χ1v) is 6.60. The van der Waals surface area contributed by atoms with Crippen molar-refractivity contribution in [1.29, 1.82) is 0 Å². The number of benzene rings is 2. The number of rotatable bonds is 5. The zero-order valence-electron chi connectivity index (χ0n) is 11.9. The van der Waals surface area contributed by atoms with Crippen molar-refractivity contribution in [2.24, 2.45) is 0 Å². The molecular weight excluding hydrogens is 284 g/mol. The third-order valence-electron chi connectivity index (χ3n) is 2.61. The number of nitro groups is 2. The molecule has 0 saturated carbocycles. The van der Waals surface area contributed by atoms with E-state index in [4.69, 9.17) is 0 Å².